The number of rotatable bonds is 16. The van der Waals surface area contributed by atoms with Crippen LogP contribution in [-0.4, -0.2) is 125 Å². The lowest BCUT2D eigenvalue weighted by Gasteiger charge is -2.73. The van der Waals surface area contributed by atoms with Crippen LogP contribution in [0.4, 0.5) is 4.79 Å². The Morgan fingerprint density at radius 2 is 1.51 bits per heavy atom. The molecule has 1 heterocycles. The van der Waals surface area contributed by atoms with E-state index < -0.39 is 33.2 Å². The predicted molar refractivity (Wildman–Crippen MR) is 251 cm³/mol. The maximum atomic E-state index is 13.7. The highest BCUT2D eigenvalue weighted by molar-refractivity contribution is 7.91. The van der Waals surface area contributed by atoms with Crippen molar-refractivity contribution in [3.63, 3.8) is 0 Å². The molecule has 13 nitrogen and oxygen atoms in total. The van der Waals surface area contributed by atoms with Gasteiger partial charge in [-0.25, -0.2) is 13.2 Å². The molecule has 0 spiro atoms. The number of ether oxygens (including phenoxy) is 4. The van der Waals surface area contributed by atoms with Gasteiger partial charge in [0.2, 0.25) is 0 Å². The van der Waals surface area contributed by atoms with Crippen LogP contribution in [0.15, 0.2) is 12.2 Å². The number of sulfone groups is 1. The number of allylic oxidation sites excluding steroid dienone is 1. The third-order valence-electron chi connectivity index (χ3n) is 20.4. The molecule has 0 bridgehead atoms. The molecule has 2 unspecified atom stereocenters. The third-order valence-corrected chi connectivity index (χ3v) is 22.1. The van der Waals surface area contributed by atoms with Crippen molar-refractivity contribution in [3.05, 3.63) is 12.2 Å². The Morgan fingerprint density at radius 3 is 2.15 bits per heavy atom. The first-order chi connectivity index (χ1) is 30.4. The van der Waals surface area contributed by atoms with Crippen molar-refractivity contribution in [1.29, 1.82) is 0 Å². The summed E-state index contributed by atoms with van der Waals surface area (Å²) in [6.45, 7) is 28.0. The van der Waals surface area contributed by atoms with Gasteiger partial charge in [-0.05, 0) is 136 Å². The summed E-state index contributed by atoms with van der Waals surface area (Å²) >= 11 is 0. The smallest absolute Gasteiger partial charge is 0.407 e. The molecule has 370 valence electrons. The Bertz CT molecular complexity index is 1890. The van der Waals surface area contributed by atoms with Crippen LogP contribution < -0.4 is 10.6 Å². The SMILES string of the molecule is C=C(C)[C@@H]1CC[C@]2(NCC(C(C)NC(=O)OCCOCCOC)N3CCS(=O)(=O)CC3)CC[C@]3(C)[C@H](CC[C@@H]4[C@@]5(C)CC[C@H](OC(=O)[C@H]6C[C@@H](C(=O)O)C6(C)C)C(C)(C)[C@@H]5CC[C@]43C)[C@@H]12. The van der Waals surface area contributed by atoms with E-state index in [2.05, 4.69) is 63.7 Å². The molecule has 6 aliphatic carbocycles. The molecule has 3 N–H and O–H groups in total. The molecule has 0 aromatic carbocycles. The van der Waals surface area contributed by atoms with Crippen molar-refractivity contribution in [3.8, 4) is 0 Å². The van der Waals surface area contributed by atoms with E-state index >= 15 is 0 Å². The van der Waals surface area contributed by atoms with Gasteiger partial charge in [0.1, 0.15) is 12.7 Å². The van der Waals surface area contributed by atoms with Gasteiger partial charge in [0.25, 0.3) is 0 Å². The molecule has 14 heteroatoms. The van der Waals surface area contributed by atoms with Crippen LogP contribution in [0.3, 0.4) is 0 Å². The fourth-order valence-corrected chi connectivity index (χ4v) is 17.6. The van der Waals surface area contributed by atoms with Gasteiger partial charge in [0, 0.05) is 49.8 Å². The van der Waals surface area contributed by atoms with Crippen molar-refractivity contribution in [2.45, 2.75) is 157 Å². The summed E-state index contributed by atoms with van der Waals surface area (Å²) in [5, 5.41) is 17.1. The number of nitrogens with one attached hydrogen (secondary N) is 2. The number of carboxylic acids is 1. The van der Waals surface area contributed by atoms with Gasteiger partial charge < -0.3 is 34.7 Å². The minimum Gasteiger partial charge on any atom is -0.481 e. The van der Waals surface area contributed by atoms with Crippen molar-refractivity contribution in [2.75, 3.05) is 64.7 Å². The molecular weight excluding hydrogens is 847 g/mol. The van der Waals surface area contributed by atoms with Crippen LogP contribution in [0.25, 0.3) is 0 Å². The van der Waals surface area contributed by atoms with E-state index in [0.29, 0.717) is 68.9 Å². The van der Waals surface area contributed by atoms with E-state index in [1.807, 2.05) is 20.8 Å². The highest BCUT2D eigenvalue weighted by Gasteiger charge is 2.71. The maximum absolute atomic E-state index is 13.7. The number of alkyl carbamates (subject to hydrolysis) is 1. The summed E-state index contributed by atoms with van der Waals surface area (Å²) in [5.74, 6) is 0.558. The van der Waals surface area contributed by atoms with E-state index in [1.54, 1.807) is 7.11 Å². The Hall–Kier alpha value is -2.26. The Labute approximate surface area is 390 Å². The largest absolute Gasteiger partial charge is 0.481 e. The fourth-order valence-electron chi connectivity index (χ4n) is 16.4. The zero-order valence-corrected chi connectivity index (χ0v) is 42.4. The molecular formula is C51H85N3O10S. The van der Waals surface area contributed by atoms with Crippen molar-refractivity contribution >= 4 is 27.9 Å². The third kappa shape index (κ3) is 8.97. The Morgan fingerprint density at radius 1 is 0.815 bits per heavy atom. The molecule has 7 aliphatic rings. The van der Waals surface area contributed by atoms with Gasteiger partial charge in [-0.15, -0.1) is 0 Å². The number of carbonyl (C=O) groups is 3. The summed E-state index contributed by atoms with van der Waals surface area (Å²) in [5.41, 5.74) is 0.705. The second-order valence-electron chi connectivity index (χ2n) is 23.9. The predicted octanol–water partition coefficient (Wildman–Crippen LogP) is 7.52. The zero-order chi connectivity index (χ0) is 47.5. The van der Waals surface area contributed by atoms with E-state index in [4.69, 9.17) is 18.9 Å². The standard InChI is InChI=1S/C51H85N3O10S/c1-32(2)34-14-19-51(52-31-38(54-22-28-65(59,60)29-23-54)33(3)53-45(58)63-27-26-62-25-24-61-11)21-20-49(9)35(42(34)51)12-13-40-48(8)17-16-41(47(6,7)39(48)15-18-50(40,49)10)64-44(57)37-30-36(43(55)56)46(37,4)5/h33-42,52H,1,12-31H2,2-11H3,(H,53,58)(H,55,56)/t33?,34-,35+,36-,37+,38?,39-,40+,41-,42+,48-,49+,50+,51-/m0/s1. The number of aliphatic carboxylic acids is 1. The summed E-state index contributed by atoms with van der Waals surface area (Å²) in [7, 11) is -1.49. The second kappa shape index (κ2) is 18.6. The summed E-state index contributed by atoms with van der Waals surface area (Å²) in [6, 6.07) is -0.430. The Kier molecular flexibility index (Phi) is 14.5. The number of hydrogen-bond acceptors (Lipinski definition) is 11. The molecule has 1 aliphatic heterocycles. The number of carbonyl (C=O) groups excluding carboxylic acids is 2. The van der Waals surface area contributed by atoms with Crippen molar-refractivity contribution in [1.82, 2.24) is 15.5 Å². The lowest BCUT2D eigenvalue weighted by molar-refractivity contribution is -0.248. The van der Waals surface area contributed by atoms with Gasteiger partial charge >= 0.3 is 18.0 Å². The van der Waals surface area contributed by atoms with Crippen LogP contribution in [0.5, 0.6) is 0 Å². The molecule has 1 amide bonds. The first kappa shape index (κ1) is 50.6. The Balaban J connectivity index is 1.07. The molecule has 7 rings (SSSR count). The highest BCUT2D eigenvalue weighted by Crippen LogP contribution is 2.76. The first-order valence-corrected chi connectivity index (χ1v) is 27.0. The number of hydrogen-bond donors (Lipinski definition) is 3. The van der Waals surface area contributed by atoms with Crippen LogP contribution in [-0.2, 0) is 38.4 Å². The second-order valence-corrected chi connectivity index (χ2v) is 26.2. The van der Waals surface area contributed by atoms with Gasteiger partial charge in [-0.2, -0.15) is 0 Å². The lowest BCUT2D eigenvalue weighted by Crippen LogP contribution is -2.69. The zero-order valence-electron chi connectivity index (χ0n) is 41.6. The van der Waals surface area contributed by atoms with Crippen molar-refractivity contribution < 1.29 is 46.9 Å². The van der Waals surface area contributed by atoms with E-state index in [1.165, 1.54) is 18.4 Å². The molecule has 0 aromatic rings. The maximum Gasteiger partial charge on any atom is 0.407 e. The lowest BCUT2D eigenvalue weighted by atomic mass is 9.32. The molecule has 1 saturated heterocycles. The van der Waals surface area contributed by atoms with Gasteiger partial charge in [0.15, 0.2) is 9.84 Å². The van der Waals surface area contributed by atoms with Gasteiger partial charge in [-0.1, -0.05) is 60.6 Å². The van der Waals surface area contributed by atoms with E-state index in [9.17, 15) is 27.9 Å². The minimum atomic E-state index is -3.10. The molecule has 14 atom stereocenters. The normalized spacial score (nSPS) is 41.2. The number of nitrogens with zero attached hydrogens (tertiary/aromatic N) is 1. The highest BCUT2D eigenvalue weighted by atomic mass is 32.2. The molecule has 65 heavy (non-hydrogen) atoms. The molecule has 0 aromatic heterocycles. The van der Waals surface area contributed by atoms with E-state index in [0.717, 1.165) is 51.4 Å². The van der Waals surface area contributed by atoms with Crippen LogP contribution in [0.2, 0.25) is 0 Å². The monoisotopic (exact) mass is 932 g/mol. The summed E-state index contributed by atoms with van der Waals surface area (Å²) < 4.78 is 47.7. The van der Waals surface area contributed by atoms with Gasteiger partial charge in [-0.3, -0.25) is 14.5 Å². The average Bonchev–Trinajstić information content (AvgIpc) is 3.60. The number of esters is 1. The summed E-state index contributed by atoms with van der Waals surface area (Å²) in [6.07, 6.45) is 10.5. The molecule has 6 saturated carbocycles. The minimum absolute atomic E-state index is 0.0958. The summed E-state index contributed by atoms with van der Waals surface area (Å²) in [4.78, 5) is 40.9. The molecule has 7 fully saturated rings. The van der Waals surface area contributed by atoms with Crippen LogP contribution >= 0.6 is 0 Å². The number of fused-ring (bicyclic) bond motifs is 7. The fraction of sp³-hybridized carbons (Fsp3) is 0.902. The molecule has 0 radical (unpaired) electrons. The quantitative estimate of drug-likeness (QED) is 0.0792. The topological polar surface area (TPSA) is 170 Å². The number of carboxylic acid groups (broad SMARTS) is 1. The van der Waals surface area contributed by atoms with Crippen LogP contribution in [0.1, 0.15) is 133 Å². The first-order valence-electron chi connectivity index (χ1n) is 25.2. The van der Waals surface area contributed by atoms with Crippen molar-refractivity contribution in [2.24, 2.45) is 68.5 Å². The average molecular weight is 932 g/mol. The number of methoxy groups -OCH3 is 1. The van der Waals surface area contributed by atoms with Gasteiger partial charge in [0.05, 0.1) is 43.2 Å². The van der Waals surface area contributed by atoms with E-state index in [-0.39, 0.29) is 82.0 Å². The van der Waals surface area contributed by atoms with Crippen LogP contribution in [0, 0.1) is 68.5 Å². The number of amides is 1.